The van der Waals surface area contributed by atoms with Crippen molar-refractivity contribution in [2.75, 3.05) is 7.11 Å². The lowest BCUT2D eigenvalue weighted by molar-refractivity contribution is -0.222. The maximum absolute atomic E-state index is 12.3. The summed E-state index contributed by atoms with van der Waals surface area (Å²) >= 11 is 0. The molecule has 2 aromatic carbocycles. The molecule has 1 heterocycles. The molecule has 0 aliphatic carbocycles. The lowest BCUT2D eigenvalue weighted by Crippen LogP contribution is -2.41. The fraction of sp³-hybridized carbons (Fsp3) is 0.227. The van der Waals surface area contributed by atoms with Crippen LogP contribution in [0.25, 0.3) is 6.08 Å². The Morgan fingerprint density at radius 1 is 0.966 bits per heavy atom. The standard InChI is InChI=1S/C22H20O7/c1-13-5-8-15(9-6-13)19(23)27-17-10-7-14(12-18(17)26-4)11-16-20(24)28-22(2,3)29-21(16)25/h5-12H,1-4H3. The van der Waals surface area contributed by atoms with Gasteiger partial charge in [0.1, 0.15) is 5.57 Å². The average Bonchev–Trinajstić information content (AvgIpc) is 2.65. The van der Waals surface area contributed by atoms with Crippen molar-refractivity contribution in [3.05, 3.63) is 64.7 Å². The van der Waals surface area contributed by atoms with Gasteiger partial charge >= 0.3 is 17.9 Å². The first kappa shape index (κ1) is 20.1. The van der Waals surface area contributed by atoms with Crippen LogP contribution in [-0.2, 0) is 19.1 Å². The Morgan fingerprint density at radius 3 is 2.17 bits per heavy atom. The second kappa shape index (κ2) is 7.79. The van der Waals surface area contributed by atoms with E-state index in [1.54, 1.807) is 18.2 Å². The highest BCUT2D eigenvalue weighted by molar-refractivity contribution is 6.18. The number of ether oxygens (including phenoxy) is 4. The van der Waals surface area contributed by atoms with E-state index in [0.29, 0.717) is 11.1 Å². The lowest BCUT2D eigenvalue weighted by Gasteiger charge is -2.29. The van der Waals surface area contributed by atoms with Gasteiger partial charge in [0.05, 0.1) is 12.7 Å². The minimum Gasteiger partial charge on any atom is -0.493 e. The molecule has 0 aromatic heterocycles. The Kier molecular flexibility index (Phi) is 5.41. The van der Waals surface area contributed by atoms with Gasteiger partial charge in [-0.2, -0.15) is 0 Å². The molecule has 0 unspecified atom stereocenters. The molecular weight excluding hydrogens is 376 g/mol. The van der Waals surface area contributed by atoms with Crippen molar-refractivity contribution in [3.8, 4) is 11.5 Å². The number of hydrogen-bond donors (Lipinski definition) is 0. The first-order valence-corrected chi connectivity index (χ1v) is 8.84. The summed E-state index contributed by atoms with van der Waals surface area (Å²) in [6, 6.07) is 11.6. The predicted molar refractivity (Wildman–Crippen MR) is 103 cm³/mol. The molecule has 0 radical (unpaired) electrons. The minimum atomic E-state index is -1.31. The Morgan fingerprint density at radius 2 is 1.59 bits per heavy atom. The Labute approximate surface area is 167 Å². The molecule has 0 atom stereocenters. The highest BCUT2D eigenvalue weighted by Gasteiger charge is 2.38. The van der Waals surface area contributed by atoms with Crippen molar-refractivity contribution in [2.45, 2.75) is 26.6 Å². The highest BCUT2D eigenvalue weighted by Crippen LogP contribution is 2.31. The van der Waals surface area contributed by atoms with Crippen molar-refractivity contribution in [2.24, 2.45) is 0 Å². The molecule has 2 aromatic rings. The Hall–Kier alpha value is -3.61. The molecule has 1 aliphatic heterocycles. The molecule has 1 saturated heterocycles. The van der Waals surface area contributed by atoms with Crippen LogP contribution >= 0.6 is 0 Å². The summed E-state index contributed by atoms with van der Waals surface area (Å²) in [6.45, 7) is 4.86. The van der Waals surface area contributed by atoms with E-state index < -0.39 is 23.7 Å². The van der Waals surface area contributed by atoms with E-state index in [9.17, 15) is 14.4 Å². The molecule has 1 aliphatic rings. The van der Waals surface area contributed by atoms with Crippen molar-refractivity contribution in [1.29, 1.82) is 0 Å². The van der Waals surface area contributed by atoms with Crippen LogP contribution in [0.4, 0.5) is 0 Å². The molecule has 1 fully saturated rings. The zero-order valence-corrected chi connectivity index (χ0v) is 16.5. The van der Waals surface area contributed by atoms with Crippen LogP contribution in [0.5, 0.6) is 11.5 Å². The van der Waals surface area contributed by atoms with Gasteiger partial charge in [-0.05, 0) is 42.8 Å². The van der Waals surface area contributed by atoms with E-state index in [1.165, 1.54) is 39.2 Å². The van der Waals surface area contributed by atoms with E-state index in [-0.39, 0.29) is 17.1 Å². The zero-order valence-electron chi connectivity index (χ0n) is 16.5. The van der Waals surface area contributed by atoms with Crippen molar-refractivity contribution < 1.29 is 33.3 Å². The number of benzene rings is 2. The molecule has 0 N–H and O–H groups in total. The monoisotopic (exact) mass is 396 g/mol. The first-order valence-electron chi connectivity index (χ1n) is 8.84. The summed E-state index contributed by atoms with van der Waals surface area (Å²) in [6.07, 6.45) is 1.33. The number of esters is 3. The van der Waals surface area contributed by atoms with E-state index in [1.807, 2.05) is 19.1 Å². The summed E-state index contributed by atoms with van der Waals surface area (Å²) in [5.41, 5.74) is 1.66. The molecule has 150 valence electrons. The number of carbonyl (C=O) groups is 3. The van der Waals surface area contributed by atoms with Gasteiger partial charge in [0.15, 0.2) is 11.5 Å². The fourth-order valence-electron chi connectivity index (χ4n) is 2.65. The van der Waals surface area contributed by atoms with Gasteiger partial charge in [-0.3, -0.25) is 0 Å². The van der Waals surface area contributed by atoms with Crippen LogP contribution < -0.4 is 9.47 Å². The largest absolute Gasteiger partial charge is 0.493 e. The Balaban J connectivity index is 1.83. The van der Waals surface area contributed by atoms with Gasteiger partial charge in [0.25, 0.3) is 5.79 Å². The molecule has 7 heteroatoms. The molecule has 7 nitrogen and oxygen atoms in total. The predicted octanol–water partition coefficient (Wildman–Crippen LogP) is 3.44. The van der Waals surface area contributed by atoms with Gasteiger partial charge in [0, 0.05) is 13.8 Å². The third kappa shape index (κ3) is 4.63. The number of rotatable bonds is 4. The van der Waals surface area contributed by atoms with E-state index >= 15 is 0 Å². The van der Waals surface area contributed by atoms with Crippen molar-refractivity contribution in [3.63, 3.8) is 0 Å². The van der Waals surface area contributed by atoms with Crippen LogP contribution in [0.15, 0.2) is 48.0 Å². The topological polar surface area (TPSA) is 88.1 Å². The third-order valence-corrected chi connectivity index (χ3v) is 4.11. The Bertz CT molecular complexity index is 978. The zero-order chi connectivity index (χ0) is 21.2. The second-order valence-corrected chi connectivity index (χ2v) is 6.90. The SMILES string of the molecule is COc1cc(C=C2C(=O)OC(C)(C)OC2=O)ccc1OC(=O)c1ccc(C)cc1. The van der Waals surface area contributed by atoms with E-state index in [4.69, 9.17) is 18.9 Å². The summed E-state index contributed by atoms with van der Waals surface area (Å²) < 4.78 is 20.8. The highest BCUT2D eigenvalue weighted by atomic mass is 16.7. The van der Waals surface area contributed by atoms with Gasteiger partial charge in [-0.15, -0.1) is 0 Å². The average molecular weight is 396 g/mol. The van der Waals surface area contributed by atoms with Crippen LogP contribution in [0.2, 0.25) is 0 Å². The fourth-order valence-corrected chi connectivity index (χ4v) is 2.65. The summed E-state index contributed by atoms with van der Waals surface area (Å²) in [5.74, 6) is -2.93. The molecule has 0 bridgehead atoms. The van der Waals surface area contributed by atoms with Gasteiger partial charge in [0.2, 0.25) is 0 Å². The van der Waals surface area contributed by atoms with Crippen molar-refractivity contribution >= 4 is 24.0 Å². The van der Waals surface area contributed by atoms with Crippen LogP contribution in [-0.4, -0.2) is 30.8 Å². The first-order chi connectivity index (χ1) is 13.7. The number of hydrogen-bond acceptors (Lipinski definition) is 7. The molecule has 0 saturated carbocycles. The maximum Gasteiger partial charge on any atom is 0.348 e. The minimum absolute atomic E-state index is 0.204. The quantitative estimate of drug-likeness (QED) is 0.338. The third-order valence-electron chi connectivity index (χ3n) is 4.11. The second-order valence-electron chi connectivity index (χ2n) is 6.90. The number of methoxy groups -OCH3 is 1. The maximum atomic E-state index is 12.3. The van der Waals surface area contributed by atoms with Crippen LogP contribution in [0.1, 0.15) is 35.3 Å². The lowest BCUT2D eigenvalue weighted by atomic mass is 10.1. The molecular formula is C22H20O7. The van der Waals surface area contributed by atoms with E-state index in [0.717, 1.165) is 5.56 Å². The number of aryl methyl sites for hydroxylation is 1. The van der Waals surface area contributed by atoms with Crippen LogP contribution in [0.3, 0.4) is 0 Å². The van der Waals surface area contributed by atoms with Gasteiger partial charge < -0.3 is 18.9 Å². The normalized spacial score (nSPS) is 15.2. The van der Waals surface area contributed by atoms with Gasteiger partial charge in [-0.1, -0.05) is 23.8 Å². The van der Waals surface area contributed by atoms with Gasteiger partial charge in [-0.25, -0.2) is 14.4 Å². The summed E-state index contributed by atoms with van der Waals surface area (Å²) in [5, 5.41) is 0. The molecule has 0 amide bonds. The molecule has 0 spiro atoms. The summed E-state index contributed by atoms with van der Waals surface area (Å²) in [7, 11) is 1.42. The number of carbonyl (C=O) groups excluding carboxylic acids is 3. The number of cyclic esters (lactones) is 2. The van der Waals surface area contributed by atoms with Crippen molar-refractivity contribution in [1.82, 2.24) is 0 Å². The summed E-state index contributed by atoms with van der Waals surface area (Å²) in [4.78, 5) is 36.5. The molecule has 3 rings (SSSR count). The smallest absolute Gasteiger partial charge is 0.348 e. The van der Waals surface area contributed by atoms with E-state index in [2.05, 4.69) is 0 Å². The van der Waals surface area contributed by atoms with Crippen LogP contribution in [0, 0.1) is 6.92 Å². The molecule has 29 heavy (non-hydrogen) atoms.